The van der Waals surface area contributed by atoms with Gasteiger partial charge in [0.05, 0.1) is 9.35 Å². The van der Waals surface area contributed by atoms with Crippen LogP contribution in [0.1, 0.15) is 23.2 Å². The molecule has 0 aromatic carbocycles. The Morgan fingerprint density at radius 1 is 1.53 bits per heavy atom. The van der Waals surface area contributed by atoms with Crippen LogP contribution in [0.2, 0.25) is 0 Å². The van der Waals surface area contributed by atoms with E-state index in [1.54, 1.807) is 11.4 Å². The summed E-state index contributed by atoms with van der Waals surface area (Å²) in [5.41, 5.74) is 5.60. The molecule has 82 valence electrons. The first-order chi connectivity index (χ1) is 7.09. The van der Waals surface area contributed by atoms with E-state index in [4.69, 9.17) is 5.73 Å². The average molecular weight is 291 g/mol. The summed E-state index contributed by atoms with van der Waals surface area (Å²) in [6.45, 7) is 0.467. The second-order valence-corrected chi connectivity index (χ2v) is 5.26. The molecule has 0 aliphatic carbocycles. The molecule has 0 radical (unpaired) electrons. The maximum Gasteiger partial charge on any atom is 0.252 e. The molecular formula is C9H11BrN2O2S. The molecule has 0 aliphatic rings. The summed E-state index contributed by atoms with van der Waals surface area (Å²) in [5.74, 6) is -0.469. The van der Waals surface area contributed by atoms with Gasteiger partial charge in [-0.3, -0.25) is 9.59 Å². The molecule has 4 nitrogen and oxygen atoms in total. The first-order valence-corrected chi connectivity index (χ1v) is 6.07. The molecule has 0 saturated carbocycles. The van der Waals surface area contributed by atoms with Crippen molar-refractivity contribution in [3.05, 3.63) is 20.8 Å². The van der Waals surface area contributed by atoms with Crippen LogP contribution < -0.4 is 11.1 Å². The van der Waals surface area contributed by atoms with Crippen molar-refractivity contribution in [2.75, 3.05) is 6.54 Å². The monoisotopic (exact) mass is 290 g/mol. The molecule has 0 unspecified atom stereocenters. The minimum Gasteiger partial charge on any atom is -0.370 e. The third kappa shape index (κ3) is 4.44. The Hall–Kier alpha value is -0.880. The number of amides is 2. The van der Waals surface area contributed by atoms with Crippen LogP contribution in [0, 0.1) is 0 Å². The molecular weight excluding hydrogens is 280 g/mol. The van der Waals surface area contributed by atoms with Gasteiger partial charge in [0, 0.05) is 18.3 Å². The Labute approximate surface area is 100.0 Å². The van der Waals surface area contributed by atoms with E-state index in [9.17, 15) is 9.59 Å². The molecule has 0 bridgehead atoms. The Bertz CT molecular complexity index is 365. The van der Waals surface area contributed by atoms with Gasteiger partial charge in [-0.2, -0.15) is 0 Å². The molecule has 0 saturated heterocycles. The number of carbonyl (C=O) groups is 2. The molecule has 3 N–H and O–H groups in total. The third-order valence-electron chi connectivity index (χ3n) is 1.72. The molecule has 0 spiro atoms. The second-order valence-electron chi connectivity index (χ2n) is 2.97. The molecule has 2 amide bonds. The van der Waals surface area contributed by atoms with Gasteiger partial charge in [-0.15, -0.1) is 11.3 Å². The number of primary amides is 1. The average Bonchev–Trinajstić information content (AvgIpc) is 2.59. The van der Waals surface area contributed by atoms with E-state index in [2.05, 4.69) is 21.2 Å². The maximum absolute atomic E-state index is 11.5. The maximum atomic E-state index is 11.5. The Morgan fingerprint density at radius 3 is 2.80 bits per heavy atom. The highest BCUT2D eigenvalue weighted by molar-refractivity contribution is 9.11. The summed E-state index contributed by atoms with van der Waals surface area (Å²) in [6, 6.07) is 1.76. The summed E-state index contributed by atoms with van der Waals surface area (Å²) < 4.78 is 0.921. The Morgan fingerprint density at radius 2 is 2.27 bits per heavy atom. The van der Waals surface area contributed by atoms with Gasteiger partial charge < -0.3 is 11.1 Å². The summed E-state index contributed by atoms with van der Waals surface area (Å²) >= 11 is 4.74. The molecule has 1 aromatic rings. The fraction of sp³-hybridized carbons (Fsp3) is 0.333. The lowest BCUT2D eigenvalue weighted by Crippen LogP contribution is -2.25. The summed E-state index contributed by atoms with van der Waals surface area (Å²) in [6.07, 6.45) is 0.875. The Kier molecular flexibility index (Phi) is 4.77. The zero-order valence-electron chi connectivity index (χ0n) is 7.96. The van der Waals surface area contributed by atoms with Crippen LogP contribution in [-0.4, -0.2) is 18.4 Å². The molecule has 15 heavy (non-hydrogen) atoms. The van der Waals surface area contributed by atoms with Crippen molar-refractivity contribution in [1.82, 2.24) is 5.32 Å². The number of nitrogens with two attached hydrogens (primary N) is 1. The molecule has 1 rings (SSSR count). The van der Waals surface area contributed by atoms with Crippen LogP contribution in [0.25, 0.3) is 0 Å². The lowest BCUT2D eigenvalue weighted by molar-refractivity contribution is -0.118. The summed E-state index contributed by atoms with van der Waals surface area (Å²) in [4.78, 5) is 21.9. The van der Waals surface area contributed by atoms with E-state index in [-0.39, 0.29) is 11.8 Å². The zero-order valence-corrected chi connectivity index (χ0v) is 10.4. The zero-order chi connectivity index (χ0) is 11.3. The molecule has 0 atom stereocenters. The van der Waals surface area contributed by atoms with Crippen LogP contribution in [0.4, 0.5) is 0 Å². The molecule has 1 aromatic heterocycles. The number of nitrogens with one attached hydrogen (secondary N) is 1. The normalized spacial score (nSPS) is 9.93. The van der Waals surface area contributed by atoms with Crippen molar-refractivity contribution >= 4 is 39.1 Å². The third-order valence-corrected chi connectivity index (χ3v) is 3.22. The highest BCUT2D eigenvalue weighted by Gasteiger charge is 2.06. The highest BCUT2D eigenvalue weighted by Crippen LogP contribution is 2.20. The van der Waals surface area contributed by atoms with E-state index in [0.717, 1.165) is 3.79 Å². The predicted molar refractivity (Wildman–Crippen MR) is 62.8 cm³/mol. The van der Waals surface area contributed by atoms with E-state index in [1.807, 2.05) is 0 Å². The molecule has 6 heteroatoms. The number of carbonyl (C=O) groups excluding carboxylic acids is 2. The van der Waals surface area contributed by atoms with Gasteiger partial charge in [0.15, 0.2) is 0 Å². The number of hydrogen-bond acceptors (Lipinski definition) is 3. The number of thiophene rings is 1. The van der Waals surface area contributed by atoms with E-state index < -0.39 is 0 Å². The molecule has 0 aliphatic heterocycles. The lowest BCUT2D eigenvalue weighted by atomic mass is 10.3. The highest BCUT2D eigenvalue weighted by atomic mass is 79.9. The van der Waals surface area contributed by atoms with Gasteiger partial charge in [-0.25, -0.2) is 0 Å². The fourth-order valence-electron chi connectivity index (χ4n) is 0.996. The van der Waals surface area contributed by atoms with Gasteiger partial charge in [0.2, 0.25) is 5.91 Å². The van der Waals surface area contributed by atoms with Crippen molar-refractivity contribution < 1.29 is 9.59 Å². The topological polar surface area (TPSA) is 72.2 Å². The van der Waals surface area contributed by atoms with Crippen LogP contribution in [0.5, 0.6) is 0 Å². The first-order valence-electron chi connectivity index (χ1n) is 4.40. The summed E-state index contributed by atoms with van der Waals surface area (Å²) in [7, 11) is 0. The van der Waals surface area contributed by atoms with Gasteiger partial charge in [-0.05, 0) is 28.4 Å². The standard InChI is InChI=1S/C9H11BrN2O2S/c10-7-4-6(5-15-7)9(14)12-3-1-2-8(11)13/h4-5H,1-3H2,(H2,11,13)(H,12,14). The minimum absolute atomic E-state index is 0.124. The SMILES string of the molecule is NC(=O)CCCNC(=O)c1csc(Br)c1. The first kappa shape index (κ1) is 12.2. The quantitative estimate of drug-likeness (QED) is 0.807. The van der Waals surface area contributed by atoms with E-state index in [1.165, 1.54) is 11.3 Å². The van der Waals surface area contributed by atoms with Crippen molar-refractivity contribution in [3.8, 4) is 0 Å². The van der Waals surface area contributed by atoms with Crippen molar-refractivity contribution in [3.63, 3.8) is 0 Å². The largest absolute Gasteiger partial charge is 0.370 e. The van der Waals surface area contributed by atoms with Crippen molar-refractivity contribution in [2.45, 2.75) is 12.8 Å². The second kappa shape index (κ2) is 5.87. The lowest BCUT2D eigenvalue weighted by Gasteiger charge is -2.01. The van der Waals surface area contributed by atoms with Gasteiger partial charge >= 0.3 is 0 Å². The van der Waals surface area contributed by atoms with Crippen molar-refractivity contribution in [1.29, 1.82) is 0 Å². The van der Waals surface area contributed by atoms with Gasteiger partial charge in [0.1, 0.15) is 0 Å². The minimum atomic E-state index is -0.345. The summed E-state index contributed by atoms with van der Waals surface area (Å²) in [5, 5.41) is 4.48. The van der Waals surface area contributed by atoms with Crippen LogP contribution >= 0.6 is 27.3 Å². The predicted octanol–water partition coefficient (Wildman–Crippen LogP) is 1.51. The number of hydrogen-bond donors (Lipinski definition) is 2. The van der Waals surface area contributed by atoms with Crippen LogP contribution in [0.3, 0.4) is 0 Å². The fourth-order valence-corrected chi connectivity index (χ4v) is 2.13. The molecule has 0 fully saturated rings. The van der Waals surface area contributed by atoms with Crippen LogP contribution in [0.15, 0.2) is 15.2 Å². The smallest absolute Gasteiger partial charge is 0.252 e. The van der Waals surface area contributed by atoms with Crippen LogP contribution in [-0.2, 0) is 4.79 Å². The van der Waals surface area contributed by atoms with E-state index >= 15 is 0 Å². The van der Waals surface area contributed by atoms with Crippen molar-refractivity contribution in [2.24, 2.45) is 5.73 Å². The number of halogens is 1. The Balaban J connectivity index is 2.28. The van der Waals surface area contributed by atoms with Gasteiger partial charge in [-0.1, -0.05) is 0 Å². The number of rotatable bonds is 5. The van der Waals surface area contributed by atoms with E-state index in [0.29, 0.717) is 24.9 Å². The molecule has 1 heterocycles. The van der Waals surface area contributed by atoms with Gasteiger partial charge in [0.25, 0.3) is 5.91 Å².